The lowest BCUT2D eigenvalue weighted by molar-refractivity contribution is 0.0229. The van der Waals surface area contributed by atoms with E-state index in [0.717, 1.165) is 19.4 Å². The molecule has 128 valence electrons. The lowest BCUT2D eigenvalue weighted by Gasteiger charge is -2.40. The van der Waals surface area contributed by atoms with Crippen molar-refractivity contribution in [3.05, 3.63) is 35.9 Å². The minimum absolute atomic E-state index is 0.171. The molecule has 0 aromatic heterocycles. The number of hydrogen-bond donors (Lipinski definition) is 3. The summed E-state index contributed by atoms with van der Waals surface area (Å²) in [6, 6.07) is 10.8. The highest BCUT2D eigenvalue weighted by molar-refractivity contribution is 5.21. The van der Waals surface area contributed by atoms with Crippen molar-refractivity contribution in [1.29, 1.82) is 0 Å². The van der Waals surface area contributed by atoms with Crippen molar-refractivity contribution in [1.82, 2.24) is 5.48 Å². The van der Waals surface area contributed by atoms with Crippen LogP contribution in [0.1, 0.15) is 37.7 Å². The number of aliphatic hydroxyl groups excluding tert-OH is 1. The third-order valence-electron chi connectivity index (χ3n) is 5.89. The first kappa shape index (κ1) is 16.9. The second-order valence-corrected chi connectivity index (χ2v) is 7.35. The fraction of sp³-hybridized carbons (Fsp3) is 0.684. The molecular weight excluding hydrogens is 288 g/mol. The van der Waals surface area contributed by atoms with E-state index < -0.39 is 0 Å². The van der Waals surface area contributed by atoms with Gasteiger partial charge in [-0.1, -0.05) is 37.3 Å². The predicted molar refractivity (Wildman–Crippen MR) is 91.7 cm³/mol. The Bertz CT molecular complexity index is 482. The summed E-state index contributed by atoms with van der Waals surface area (Å²) in [5.41, 5.74) is 9.92. The van der Waals surface area contributed by atoms with Crippen molar-refractivity contribution in [2.75, 3.05) is 19.7 Å². The zero-order valence-corrected chi connectivity index (χ0v) is 14.0. The van der Waals surface area contributed by atoms with Crippen LogP contribution in [-0.4, -0.2) is 30.9 Å². The lowest BCUT2D eigenvalue weighted by Crippen LogP contribution is -2.36. The second-order valence-electron chi connectivity index (χ2n) is 7.35. The monoisotopic (exact) mass is 318 g/mol. The Morgan fingerprint density at radius 2 is 2.00 bits per heavy atom. The fourth-order valence-electron chi connectivity index (χ4n) is 4.99. The maximum atomic E-state index is 10.6. The summed E-state index contributed by atoms with van der Waals surface area (Å²) in [4.78, 5) is 5.33. The molecule has 2 saturated carbocycles. The molecule has 3 rings (SSSR count). The molecule has 0 unspecified atom stereocenters. The van der Waals surface area contributed by atoms with Crippen molar-refractivity contribution < 1.29 is 9.94 Å². The molecule has 2 aliphatic carbocycles. The van der Waals surface area contributed by atoms with E-state index in [-0.39, 0.29) is 6.10 Å². The van der Waals surface area contributed by atoms with E-state index >= 15 is 0 Å². The number of fused-ring (bicyclic) bond motifs is 1. The van der Waals surface area contributed by atoms with Crippen molar-refractivity contribution in [3.8, 4) is 0 Å². The SMILES string of the molecule is C[C@H]1C[C@H](c2ccccc2)C[C@H]2[C@H]1[C@@H](CNOCCN)C[C@@H]2O. The molecule has 4 nitrogen and oxygen atoms in total. The van der Waals surface area contributed by atoms with Crippen LogP contribution < -0.4 is 11.2 Å². The van der Waals surface area contributed by atoms with Gasteiger partial charge in [-0.05, 0) is 54.4 Å². The summed E-state index contributed by atoms with van der Waals surface area (Å²) < 4.78 is 0. The molecule has 0 radical (unpaired) electrons. The van der Waals surface area contributed by atoms with Crippen molar-refractivity contribution >= 4 is 0 Å². The van der Waals surface area contributed by atoms with Gasteiger partial charge in [0.15, 0.2) is 0 Å². The normalized spacial score (nSPS) is 36.8. The number of hydroxylamine groups is 1. The third kappa shape index (κ3) is 3.77. The van der Waals surface area contributed by atoms with Crippen LogP contribution in [-0.2, 0) is 4.84 Å². The van der Waals surface area contributed by atoms with Gasteiger partial charge in [0.25, 0.3) is 0 Å². The van der Waals surface area contributed by atoms with Crippen LogP contribution in [0.3, 0.4) is 0 Å². The smallest absolute Gasteiger partial charge is 0.0804 e. The molecular formula is C19H30N2O2. The lowest BCUT2D eigenvalue weighted by atomic mass is 9.65. The van der Waals surface area contributed by atoms with Crippen molar-refractivity contribution in [2.24, 2.45) is 29.4 Å². The summed E-state index contributed by atoms with van der Waals surface area (Å²) in [7, 11) is 0. The maximum Gasteiger partial charge on any atom is 0.0804 e. The first-order chi connectivity index (χ1) is 11.2. The Labute approximate surface area is 139 Å². The molecule has 0 aliphatic heterocycles. The van der Waals surface area contributed by atoms with Gasteiger partial charge in [-0.3, -0.25) is 0 Å². The molecule has 4 N–H and O–H groups in total. The highest BCUT2D eigenvalue weighted by Gasteiger charge is 2.48. The second kappa shape index (κ2) is 7.75. The molecule has 23 heavy (non-hydrogen) atoms. The Morgan fingerprint density at radius 3 is 2.74 bits per heavy atom. The van der Waals surface area contributed by atoms with E-state index in [0.29, 0.717) is 42.7 Å². The van der Waals surface area contributed by atoms with Crippen LogP contribution in [0.25, 0.3) is 0 Å². The van der Waals surface area contributed by atoms with Crippen LogP contribution in [0.15, 0.2) is 30.3 Å². The number of rotatable bonds is 6. The minimum Gasteiger partial charge on any atom is -0.393 e. The Hall–Kier alpha value is -0.940. The van der Waals surface area contributed by atoms with Crippen LogP contribution in [0, 0.1) is 23.7 Å². The van der Waals surface area contributed by atoms with E-state index in [2.05, 4.69) is 42.7 Å². The number of nitrogens with two attached hydrogens (primary N) is 1. The largest absolute Gasteiger partial charge is 0.393 e. The first-order valence-corrected chi connectivity index (χ1v) is 8.98. The van der Waals surface area contributed by atoms with Gasteiger partial charge in [0.05, 0.1) is 12.7 Å². The molecule has 2 aliphatic rings. The van der Waals surface area contributed by atoms with Gasteiger partial charge in [0.2, 0.25) is 0 Å². The predicted octanol–water partition coefficient (Wildman–Crippen LogP) is 2.29. The third-order valence-corrected chi connectivity index (χ3v) is 5.89. The molecule has 0 heterocycles. The van der Waals surface area contributed by atoms with Gasteiger partial charge in [-0.15, -0.1) is 0 Å². The van der Waals surface area contributed by atoms with E-state index in [1.807, 2.05) is 0 Å². The minimum atomic E-state index is -0.171. The summed E-state index contributed by atoms with van der Waals surface area (Å²) >= 11 is 0. The van der Waals surface area contributed by atoms with Gasteiger partial charge in [-0.2, -0.15) is 0 Å². The number of hydrogen-bond acceptors (Lipinski definition) is 4. The molecule has 1 aromatic rings. The molecule has 0 amide bonds. The fourth-order valence-corrected chi connectivity index (χ4v) is 4.99. The zero-order chi connectivity index (χ0) is 16.2. The van der Waals surface area contributed by atoms with Gasteiger partial charge < -0.3 is 15.7 Å². The van der Waals surface area contributed by atoms with E-state index in [9.17, 15) is 5.11 Å². The molecule has 4 heteroatoms. The number of nitrogens with one attached hydrogen (secondary N) is 1. The summed E-state index contributed by atoms with van der Waals surface area (Å²) in [6.07, 6.45) is 3.05. The van der Waals surface area contributed by atoms with E-state index in [1.54, 1.807) is 0 Å². The highest BCUT2D eigenvalue weighted by Crippen LogP contribution is 2.52. The van der Waals surface area contributed by atoms with Crippen LogP contribution in [0.5, 0.6) is 0 Å². The molecule has 0 bridgehead atoms. The molecule has 1 aromatic carbocycles. The number of aliphatic hydroxyl groups is 1. The summed E-state index contributed by atoms with van der Waals surface area (Å²) in [6.45, 7) is 4.24. The van der Waals surface area contributed by atoms with Gasteiger partial charge >= 0.3 is 0 Å². The van der Waals surface area contributed by atoms with Crippen LogP contribution in [0.2, 0.25) is 0 Å². The summed E-state index contributed by atoms with van der Waals surface area (Å²) in [5.74, 6) is 2.74. The van der Waals surface area contributed by atoms with Crippen LogP contribution in [0.4, 0.5) is 0 Å². The average Bonchev–Trinajstić information content (AvgIpc) is 2.89. The van der Waals surface area contributed by atoms with Gasteiger partial charge in [-0.25, -0.2) is 5.48 Å². The first-order valence-electron chi connectivity index (χ1n) is 8.98. The van der Waals surface area contributed by atoms with Crippen molar-refractivity contribution in [2.45, 2.75) is 38.2 Å². The average molecular weight is 318 g/mol. The van der Waals surface area contributed by atoms with E-state index in [4.69, 9.17) is 10.6 Å². The quantitative estimate of drug-likeness (QED) is 0.556. The summed E-state index contributed by atoms with van der Waals surface area (Å²) in [5, 5.41) is 10.6. The number of benzene rings is 1. The Balaban J connectivity index is 1.64. The molecule has 2 fully saturated rings. The maximum absolute atomic E-state index is 10.6. The van der Waals surface area contributed by atoms with Gasteiger partial charge in [0, 0.05) is 13.1 Å². The topological polar surface area (TPSA) is 67.5 Å². The van der Waals surface area contributed by atoms with Crippen molar-refractivity contribution in [3.63, 3.8) is 0 Å². The molecule has 0 spiro atoms. The van der Waals surface area contributed by atoms with E-state index in [1.165, 1.54) is 12.0 Å². The van der Waals surface area contributed by atoms with Gasteiger partial charge in [0.1, 0.15) is 0 Å². The Morgan fingerprint density at radius 1 is 1.22 bits per heavy atom. The molecule has 6 atom stereocenters. The van der Waals surface area contributed by atoms with Crippen LogP contribution >= 0.6 is 0 Å². The standard InChI is InChI=1S/C19H30N2O2/c1-13-9-15(14-5-3-2-4-6-14)10-17-18(22)11-16(19(13)17)12-21-23-8-7-20/h2-6,13,15-19,21-22H,7-12,20H2,1H3/t13-,15-,16+,17+,18-,19+/m0/s1. The zero-order valence-electron chi connectivity index (χ0n) is 14.0. The molecule has 0 saturated heterocycles. The Kier molecular flexibility index (Phi) is 5.70. The highest BCUT2D eigenvalue weighted by atomic mass is 16.6.